The number of pyridine rings is 1. The summed E-state index contributed by atoms with van der Waals surface area (Å²) in [5, 5.41) is 3.82. The van der Waals surface area contributed by atoms with Crippen molar-refractivity contribution in [3.8, 4) is 0 Å². The van der Waals surface area contributed by atoms with Crippen LogP contribution in [0.5, 0.6) is 0 Å². The van der Waals surface area contributed by atoms with E-state index in [0.29, 0.717) is 11.5 Å². The molecule has 118 valence electrons. The summed E-state index contributed by atoms with van der Waals surface area (Å²) in [6.07, 6.45) is 8.27. The summed E-state index contributed by atoms with van der Waals surface area (Å²) in [5.41, 5.74) is 1.54. The lowest BCUT2D eigenvalue weighted by Crippen LogP contribution is -2.47. The molecule has 2 heteroatoms. The van der Waals surface area contributed by atoms with Crippen molar-refractivity contribution >= 4 is 0 Å². The first-order valence-corrected chi connectivity index (χ1v) is 8.66. The van der Waals surface area contributed by atoms with Crippen LogP contribution in [-0.2, 0) is 6.42 Å². The van der Waals surface area contributed by atoms with Gasteiger partial charge in [-0.05, 0) is 61.6 Å². The van der Waals surface area contributed by atoms with Crippen LogP contribution in [-0.4, -0.2) is 17.6 Å². The third kappa shape index (κ3) is 4.54. The van der Waals surface area contributed by atoms with Crippen LogP contribution in [0.2, 0.25) is 0 Å². The number of aromatic nitrogens is 1. The van der Waals surface area contributed by atoms with E-state index in [1.165, 1.54) is 31.4 Å². The zero-order valence-corrected chi connectivity index (χ0v) is 14.2. The maximum absolute atomic E-state index is 4.54. The Bertz CT molecular complexity index is 413. The van der Waals surface area contributed by atoms with Gasteiger partial charge in [-0.2, -0.15) is 0 Å². The summed E-state index contributed by atoms with van der Waals surface area (Å²) in [6.45, 7) is 10.7. The average molecular weight is 288 g/mol. The monoisotopic (exact) mass is 288 g/mol. The quantitative estimate of drug-likeness (QED) is 0.836. The minimum absolute atomic E-state index is 0.305. The SMILES string of the molecule is CCCNC1CC(C)CCC1C(C)(C)Cc1ccccn1. The zero-order chi connectivity index (χ0) is 15.3. The van der Waals surface area contributed by atoms with E-state index in [2.05, 4.69) is 50.1 Å². The second-order valence-electron chi connectivity index (χ2n) is 7.57. The number of hydrogen-bond acceptors (Lipinski definition) is 2. The molecule has 1 heterocycles. The van der Waals surface area contributed by atoms with Gasteiger partial charge in [0.25, 0.3) is 0 Å². The smallest absolute Gasteiger partial charge is 0.0409 e. The molecule has 1 aromatic heterocycles. The third-order valence-electron chi connectivity index (χ3n) is 5.14. The van der Waals surface area contributed by atoms with Crippen LogP contribution in [0.15, 0.2) is 24.4 Å². The molecule has 0 radical (unpaired) electrons. The van der Waals surface area contributed by atoms with Crippen molar-refractivity contribution in [3.05, 3.63) is 30.1 Å². The molecule has 1 aromatic rings. The topological polar surface area (TPSA) is 24.9 Å². The van der Waals surface area contributed by atoms with E-state index in [-0.39, 0.29) is 0 Å². The highest BCUT2D eigenvalue weighted by molar-refractivity contribution is 5.07. The van der Waals surface area contributed by atoms with Crippen LogP contribution in [0.4, 0.5) is 0 Å². The highest BCUT2D eigenvalue weighted by Gasteiger charge is 2.38. The van der Waals surface area contributed by atoms with Gasteiger partial charge in [-0.3, -0.25) is 4.98 Å². The van der Waals surface area contributed by atoms with E-state index >= 15 is 0 Å². The van der Waals surface area contributed by atoms with Crippen molar-refractivity contribution in [1.29, 1.82) is 0 Å². The van der Waals surface area contributed by atoms with Gasteiger partial charge in [-0.25, -0.2) is 0 Å². The van der Waals surface area contributed by atoms with E-state index in [1.807, 2.05) is 12.3 Å². The predicted molar refractivity (Wildman–Crippen MR) is 90.3 cm³/mol. The second-order valence-corrected chi connectivity index (χ2v) is 7.57. The Morgan fingerprint density at radius 2 is 2.10 bits per heavy atom. The van der Waals surface area contributed by atoms with Gasteiger partial charge in [0.15, 0.2) is 0 Å². The molecule has 1 aliphatic carbocycles. The standard InChI is InChI=1S/C19H32N2/c1-5-11-21-18-13-15(2)9-10-17(18)19(3,4)14-16-8-6-7-12-20-16/h6-8,12,15,17-18,21H,5,9-11,13-14H2,1-4H3. The first-order chi connectivity index (χ1) is 10.0. The van der Waals surface area contributed by atoms with E-state index in [9.17, 15) is 0 Å². The largest absolute Gasteiger partial charge is 0.314 e. The molecule has 0 spiro atoms. The van der Waals surface area contributed by atoms with Gasteiger partial charge in [-0.1, -0.05) is 40.2 Å². The van der Waals surface area contributed by atoms with Crippen LogP contribution >= 0.6 is 0 Å². The van der Waals surface area contributed by atoms with Crippen molar-refractivity contribution in [1.82, 2.24) is 10.3 Å². The summed E-state index contributed by atoms with van der Waals surface area (Å²) >= 11 is 0. The fourth-order valence-electron chi connectivity index (χ4n) is 3.97. The maximum Gasteiger partial charge on any atom is 0.0409 e. The fraction of sp³-hybridized carbons (Fsp3) is 0.737. The summed E-state index contributed by atoms with van der Waals surface area (Å²) in [5.74, 6) is 1.61. The molecular weight excluding hydrogens is 256 g/mol. The molecular formula is C19H32N2. The third-order valence-corrected chi connectivity index (χ3v) is 5.14. The van der Waals surface area contributed by atoms with E-state index < -0.39 is 0 Å². The lowest BCUT2D eigenvalue weighted by Gasteiger charge is -2.44. The Labute approximate surface area is 130 Å². The lowest BCUT2D eigenvalue weighted by atomic mass is 9.64. The summed E-state index contributed by atoms with van der Waals surface area (Å²) in [4.78, 5) is 4.54. The first-order valence-electron chi connectivity index (χ1n) is 8.66. The van der Waals surface area contributed by atoms with Crippen molar-refractivity contribution < 1.29 is 0 Å². The Hall–Kier alpha value is -0.890. The van der Waals surface area contributed by atoms with E-state index in [1.54, 1.807) is 0 Å². The minimum Gasteiger partial charge on any atom is -0.314 e. The maximum atomic E-state index is 4.54. The van der Waals surface area contributed by atoms with Crippen molar-refractivity contribution in [2.45, 2.75) is 65.8 Å². The normalized spacial score (nSPS) is 26.8. The van der Waals surface area contributed by atoms with Crippen LogP contribution in [0.25, 0.3) is 0 Å². The van der Waals surface area contributed by atoms with Crippen LogP contribution in [0, 0.1) is 17.3 Å². The van der Waals surface area contributed by atoms with Crippen molar-refractivity contribution in [2.75, 3.05) is 6.54 Å². The molecule has 1 aliphatic rings. The Kier molecular flexibility index (Phi) is 5.80. The summed E-state index contributed by atoms with van der Waals surface area (Å²) in [6, 6.07) is 6.95. The van der Waals surface area contributed by atoms with Crippen LogP contribution in [0.1, 0.15) is 59.1 Å². The molecule has 1 N–H and O–H groups in total. The molecule has 0 bridgehead atoms. The highest BCUT2D eigenvalue weighted by Crippen LogP contribution is 2.42. The zero-order valence-electron chi connectivity index (χ0n) is 14.2. The van der Waals surface area contributed by atoms with Gasteiger partial charge >= 0.3 is 0 Å². The van der Waals surface area contributed by atoms with Gasteiger partial charge < -0.3 is 5.32 Å². The molecule has 2 nitrogen and oxygen atoms in total. The van der Waals surface area contributed by atoms with Crippen molar-refractivity contribution in [3.63, 3.8) is 0 Å². The van der Waals surface area contributed by atoms with Gasteiger partial charge in [0.2, 0.25) is 0 Å². The van der Waals surface area contributed by atoms with Gasteiger partial charge in [0, 0.05) is 17.9 Å². The summed E-state index contributed by atoms with van der Waals surface area (Å²) < 4.78 is 0. The fourth-order valence-corrected chi connectivity index (χ4v) is 3.97. The number of nitrogens with zero attached hydrogens (tertiary/aromatic N) is 1. The molecule has 1 fully saturated rings. The number of hydrogen-bond donors (Lipinski definition) is 1. The predicted octanol–water partition coefficient (Wildman–Crippen LogP) is 4.45. The minimum atomic E-state index is 0.305. The average Bonchev–Trinajstić information content (AvgIpc) is 2.45. The molecule has 0 amide bonds. The van der Waals surface area contributed by atoms with Crippen LogP contribution < -0.4 is 5.32 Å². The van der Waals surface area contributed by atoms with Crippen molar-refractivity contribution in [2.24, 2.45) is 17.3 Å². The van der Waals surface area contributed by atoms with Gasteiger partial charge in [0.05, 0.1) is 0 Å². The second kappa shape index (κ2) is 7.40. The molecule has 1 saturated carbocycles. The first kappa shape index (κ1) is 16.5. The molecule has 0 aliphatic heterocycles. The Morgan fingerprint density at radius 1 is 1.29 bits per heavy atom. The lowest BCUT2D eigenvalue weighted by molar-refractivity contribution is 0.0933. The molecule has 0 aromatic carbocycles. The van der Waals surface area contributed by atoms with Crippen LogP contribution in [0.3, 0.4) is 0 Å². The van der Waals surface area contributed by atoms with E-state index in [4.69, 9.17) is 0 Å². The molecule has 3 atom stereocenters. The Morgan fingerprint density at radius 3 is 2.76 bits per heavy atom. The molecule has 21 heavy (non-hydrogen) atoms. The molecule has 3 unspecified atom stereocenters. The van der Waals surface area contributed by atoms with Gasteiger partial charge in [-0.15, -0.1) is 0 Å². The van der Waals surface area contributed by atoms with Gasteiger partial charge in [0.1, 0.15) is 0 Å². The Balaban J connectivity index is 2.07. The van der Waals surface area contributed by atoms with E-state index in [0.717, 1.165) is 24.8 Å². The molecule has 2 rings (SSSR count). The summed E-state index contributed by atoms with van der Waals surface area (Å²) in [7, 11) is 0. The highest BCUT2D eigenvalue weighted by atomic mass is 14.9. The molecule has 0 saturated heterocycles. The number of rotatable bonds is 6. The number of nitrogens with one attached hydrogen (secondary N) is 1.